The van der Waals surface area contributed by atoms with Gasteiger partial charge in [-0.15, -0.1) is 0 Å². The van der Waals surface area contributed by atoms with Crippen LogP contribution < -0.4 is 25.2 Å². The summed E-state index contributed by atoms with van der Waals surface area (Å²) < 4.78 is 12.8. The van der Waals surface area contributed by atoms with Crippen LogP contribution in [0.4, 0.5) is 10.5 Å². The quantitative estimate of drug-likeness (QED) is 0.405. The lowest BCUT2D eigenvalue weighted by Crippen LogP contribution is -2.68. The van der Waals surface area contributed by atoms with Gasteiger partial charge in [-0.2, -0.15) is 0 Å². The number of piperidine rings is 1. The Hall–Kier alpha value is -4.44. The Kier molecular flexibility index (Phi) is 7.56. The molecule has 1 aromatic heterocycles. The maximum Gasteiger partial charge on any atom is 0.335 e. The van der Waals surface area contributed by atoms with E-state index in [4.69, 9.17) is 9.47 Å². The molecule has 2 saturated heterocycles. The van der Waals surface area contributed by atoms with E-state index >= 15 is 0 Å². The maximum atomic E-state index is 14.6. The number of likely N-dealkylation sites (tertiary alicyclic amines) is 1. The molecule has 10 nitrogen and oxygen atoms in total. The number of fused-ring (bicyclic) bond motifs is 4. The SMILES string of the molecule is CCc1ccc(N2C(=O)NC(=O)C(Cc3ccc(OC)c(OC)c3)(CN3CC4C[C@@H](C3)c3cccc(=O)n3C4)C2=O)cc1. The fourth-order valence-electron chi connectivity index (χ4n) is 6.99. The van der Waals surface area contributed by atoms with E-state index in [0.717, 1.165) is 29.0 Å². The van der Waals surface area contributed by atoms with Gasteiger partial charge >= 0.3 is 6.03 Å². The molecule has 3 aliphatic rings. The van der Waals surface area contributed by atoms with Crippen molar-refractivity contribution in [2.24, 2.45) is 11.3 Å². The number of urea groups is 1. The molecule has 2 aromatic carbocycles. The van der Waals surface area contributed by atoms with E-state index in [2.05, 4.69) is 10.2 Å². The molecule has 4 amide bonds. The minimum absolute atomic E-state index is 0.00402. The Morgan fingerprint density at radius 2 is 1.63 bits per heavy atom. The molecule has 6 rings (SSSR count). The lowest BCUT2D eigenvalue weighted by atomic mass is 9.75. The number of hydrogen-bond donors (Lipinski definition) is 1. The van der Waals surface area contributed by atoms with E-state index in [1.165, 1.54) is 7.11 Å². The molecule has 3 aliphatic heterocycles. The number of imide groups is 2. The van der Waals surface area contributed by atoms with E-state index in [0.29, 0.717) is 42.4 Å². The minimum Gasteiger partial charge on any atom is -0.493 e. The molecular formula is C33H36N4O6. The number of amides is 4. The second kappa shape index (κ2) is 11.3. The summed E-state index contributed by atoms with van der Waals surface area (Å²) in [5.74, 6) is 0.131. The molecule has 0 radical (unpaired) electrons. The summed E-state index contributed by atoms with van der Waals surface area (Å²) in [5.41, 5.74) is 1.56. The number of aryl methyl sites for hydroxylation is 1. The number of anilines is 1. The van der Waals surface area contributed by atoms with Crippen molar-refractivity contribution in [3.8, 4) is 11.5 Å². The summed E-state index contributed by atoms with van der Waals surface area (Å²) in [6.07, 6.45) is 1.81. The van der Waals surface area contributed by atoms with E-state index in [1.807, 2.05) is 35.8 Å². The monoisotopic (exact) mass is 584 g/mol. The van der Waals surface area contributed by atoms with Crippen molar-refractivity contribution in [2.75, 3.05) is 38.8 Å². The molecule has 1 N–H and O–H groups in total. The Morgan fingerprint density at radius 1 is 0.884 bits per heavy atom. The van der Waals surface area contributed by atoms with Crippen LogP contribution in [0.2, 0.25) is 0 Å². The van der Waals surface area contributed by atoms with Crippen LogP contribution in [0, 0.1) is 11.3 Å². The summed E-state index contributed by atoms with van der Waals surface area (Å²) >= 11 is 0. The Labute approximate surface area is 250 Å². The first-order valence-corrected chi connectivity index (χ1v) is 14.7. The van der Waals surface area contributed by atoms with Crippen LogP contribution in [0.1, 0.15) is 36.1 Å². The van der Waals surface area contributed by atoms with Crippen molar-refractivity contribution >= 4 is 23.5 Å². The van der Waals surface area contributed by atoms with Crippen molar-refractivity contribution in [3.63, 3.8) is 0 Å². The summed E-state index contributed by atoms with van der Waals surface area (Å²) in [4.78, 5) is 57.6. The molecule has 4 heterocycles. The fourth-order valence-corrected chi connectivity index (χ4v) is 6.99. The average Bonchev–Trinajstić information content (AvgIpc) is 3.01. The second-order valence-electron chi connectivity index (χ2n) is 11.8. The summed E-state index contributed by atoms with van der Waals surface area (Å²) in [6.45, 7) is 3.97. The third-order valence-corrected chi connectivity index (χ3v) is 9.08. The zero-order chi connectivity index (χ0) is 30.3. The highest BCUT2D eigenvalue weighted by Gasteiger charge is 2.56. The Morgan fingerprint density at radius 3 is 2.35 bits per heavy atom. The number of carbonyl (C=O) groups excluding carboxylic acids is 3. The first-order valence-electron chi connectivity index (χ1n) is 14.7. The van der Waals surface area contributed by atoms with Crippen LogP contribution in [0.3, 0.4) is 0 Å². The second-order valence-corrected chi connectivity index (χ2v) is 11.8. The lowest BCUT2D eigenvalue weighted by Gasteiger charge is -2.47. The molecule has 0 spiro atoms. The molecule has 43 heavy (non-hydrogen) atoms. The fraction of sp³-hybridized carbons (Fsp3) is 0.394. The van der Waals surface area contributed by atoms with Crippen molar-refractivity contribution in [2.45, 2.75) is 38.6 Å². The van der Waals surface area contributed by atoms with E-state index in [-0.39, 0.29) is 30.4 Å². The molecule has 3 aromatic rings. The van der Waals surface area contributed by atoms with Gasteiger partial charge in [0.2, 0.25) is 5.91 Å². The van der Waals surface area contributed by atoms with Crippen LogP contribution in [0.5, 0.6) is 11.5 Å². The first kappa shape index (κ1) is 28.7. The molecule has 2 fully saturated rings. The van der Waals surface area contributed by atoms with E-state index < -0.39 is 23.3 Å². The van der Waals surface area contributed by atoms with Gasteiger partial charge in [0, 0.05) is 43.9 Å². The number of carbonyl (C=O) groups is 3. The Bertz CT molecular complexity index is 1630. The van der Waals surface area contributed by atoms with Gasteiger partial charge in [-0.05, 0) is 66.6 Å². The number of rotatable bonds is 8. The Balaban J connectivity index is 1.39. The maximum absolute atomic E-state index is 14.6. The smallest absolute Gasteiger partial charge is 0.335 e. The van der Waals surface area contributed by atoms with Gasteiger partial charge in [0.1, 0.15) is 5.41 Å². The minimum atomic E-state index is -1.60. The molecule has 10 heteroatoms. The number of barbiturate groups is 1. The third kappa shape index (κ3) is 5.09. The first-order chi connectivity index (χ1) is 20.8. The molecule has 3 atom stereocenters. The largest absolute Gasteiger partial charge is 0.493 e. The van der Waals surface area contributed by atoms with Gasteiger partial charge in [0.25, 0.3) is 11.5 Å². The highest BCUT2D eigenvalue weighted by atomic mass is 16.5. The number of nitrogens with zero attached hydrogens (tertiary/aromatic N) is 3. The van der Waals surface area contributed by atoms with Gasteiger partial charge < -0.3 is 18.9 Å². The molecule has 0 aliphatic carbocycles. The number of pyridine rings is 1. The van der Waals surface area contributed by atoms with E-state index in [1.54, 1.807) is 43.5 Å². The standard InChI is InChI=1S/C33H36N4O6/c1-4-21-8-11-25(12-9-21)37-31(40)33(30(39)34-32(37)41,16-22-10-13-27(42-2)28(15-22)43-3)20-35-17-23-14-24(19-35)26-6-5-7-29(38)36(26)18-23/h5-13,15,23-24H,4,14,16-20H2,1-3H3,(H,34,39,41)/t23?,24-,33?/m0/s1. The number of benzene rings is 2. The van der Waals surface area contributed by atoms with Gasteiger partial charge in [-0.25, -0.2) is 9.69 Å². The number of hydrogen-bond acceptors (Lipinski definition) is 7. The lowest BCUT2D eigenvalue weighted by molar-refractivity contribution is -0.144. The average molecular weight is 585 g/mol. The van der Waals surface area contributed by atoms with Gasteiger partial charge in [0.15, 0.2) is 11.5 Å². The topological polar surface area (TPSA) is 110 Å². The highest BCUT2D eigenvalue weighted by molar-refractivity contribution is 6.30. The molecule has 224 valence electrons. The van der Waals surface area contributed by atoms with E-state index in [9.17, 15) is 19.2 Å². The number of ether oxygens (including phenoxy) is 2. The summed E-state index contributed by atoms with van der Waals surface area (Å²) in [5, 5.41) is 2.51. The van der Waals surface area contributed by atoms with Gasteiger partial charge in [-0.1, -0.05) is 31.2 Å². The van der Waals surface area contributed by atoms with Crippen LogP contribution in [-0.2, 0) is 29.0 Å². The van der Waals surface area contributed by atoms with Gasteiger partial charge in [-0.3, -0.25) is 19.7 Å². The number of methoxy groups -OCH3 is 2. The van der Waals surface area contributed by atoms with Gasteiger partial charge in [0.05, 0.1) is 19.9 Å². The van der Waals surface area contributed by atoms with Crippen LogP contribution in [-0.4, -0.2) is 61.2 Å². The molecule has 2 bridgehead atoms. The molecule has 0 saturated carbocycles. The summed E-state index contributed by atoms with van der Waals surface area (Å²) in [6, 6.07) is 17.2. The van der Waals surface area contributed by atoms with Crippen molar-refractivity contribution in [1.82, 2.24) is 14.8 Å². The third-order valence-electron chi connectivity index (χ3n) is 9.08. The predicted molar refractivity (Wildman–Crippen MR) is 161 cm³/mol. The summed E-state index contributed by atoms with van der Waals surface area (Å²) in [7, 11) is 3.08. The normalized spacial score (nSPS) is 23.5. The highest BCUT2D eigenvalue weighted by Crippen LogP contribution is 2.40. The zero-order valence-corrected chi connectivity index (χ0v) is 24.7. The van der Waals surface area contributed by atoms with Crippen molar-refractivity contribution in [3.05, 3.63) is 87.8 Å². The van der Waals surface area contributed by atoms with Crippen molar-refractivity contribution in [1.29, 1.82) is 0 Å². The van der Waals surface area contributed by atoms with Crippen LogP contribution in [0.15, 0.2) is 65.5 Å². The molecule has 2 unspecified atom stereocenters. The van der Waals surface area contributed by atoms with Crippen molar-refractivity contribution < 1.29 is 23.9 Å². The van der Waals surface area contributed by atoms with Crippen LogP contribution >= 0.6 is 0 Å². The molecular weight excluding hydrogens is 548 g/mol. The zero-order valence-electron chi connectivity index (χ0n) is 24.7. The number of nitrogens with one attached hydrogen (secondary N) is 1. The number of aromatic nitrogens is 1. The van der Waals surface area contributed by atoms with Crippen LogP contribution in [0.25, 0.3) is 0 Å². The predicted octanol–water partition coefficient (Wildman–Crippen LogP) is 3.36.